The number of fused-ring (bicyclic) bond motifs is 2. The Labute approximate surface area is 382 Å². The molecule has 0 radical (unpaired) electrons. The molecule has 4 aromatic carbocycles. The average molecular weight is 894 g/mol. The van der Waals surface area contributed by atoms with E-state index in [1.54, 1.807) is 61.0 Å². The molecule has 13 nitrogen and oxygen atoms in total. The lowest BCUT2D eigenvalue weighted by Crippen LogP contribution is -2.53. The Morgan fingerprint density at radius 1 is 0.636 bits per heavy atom. The van der Waals surface area contributed by atoms with Crippen LogP contribution >= 0.6 is 0 Å². The molecular formula is C51H53F2N9O4. The van der Waals surface area contributed by atoms with Crippen LogP contribution in [-0.4, -0.2) is 105 Å². The van der Waals surface area contributed by atoms with E-state index < -0.39 is 6.03 Å². The van der Waals surface area contributed by atoms with E-state index in [4.69, 9.17) is 5.73 Å². The van der Waals surface area contributed by atoms with Crippen LogP contribution in [0, 0.1) is 11.6 Å². The largest absolute Gasteiger partial charge is 0.351 e. The molecule has 2 aromatic heterocycles. The second kappa shape index (κ2) is 21.5. The van der Waals surface area contributed by atoms with Crippen molar-refractivity contribution in [3.05, 3.63) is 155 Å². The number of urea groups is 1. The van der Waals surface area contributed by atoms with Crippen LogP contribution < -0.4 is 16.4 Å². The first-order chi connectivity index (χ1) is 31.8. The Balaban J connectivity index is 0.000000196. The first kappa shape index (κ1) is 46.6. The van der Waals surface area contributed by atoms with Crippen molar-refractivity contribution in [1.29, 1.82) is 0 Å². The summed E-state index contributed by atoms with van der Waals surface area (Å²) in [5.41, 5.74) is 11.5. The molecule has 8 rings (SSSR count). The summed E-state index contributed by atoms with van der Waals surface area (Å²) >= 11 is 0. The van der Waals surface area contributed by atoms with Crippen LogP contribution in [0.2, 0.25) is 0 Å². The van der Waals surface area contributed by atoms with Crippen LogP contribution in [0.5, 0.6) is 0 Å². The van der Waals surface area contributed by atoms with Crippen molar-refractivity contribution in [2.45, 2.75) is 45.9 Å². The van der Waals surface area contributed by atoms with Gasteiger partial charge in [0.15, 0.2) is 0 Å². The fraction of sp³-hybridized carbons (Fsp3) is 0.255. The summed E-state index contributed by atoms with van der Waals surface area (Å²) in [5.74, 6) is -0.825. The van der Waals surface area contributed by atoms with Crippen LogP contribution in [-0.2, 0) is 27.5 Å². The number of pyridine rings is 2. The number of anilines is 2. The maximum absolute atomic E-state index is 13.1. The van der Waals surface area contributed by atoms with Gasteiger partial charge in [-0.1, -0.05) is 36.4 Å². The molecular weight excluding hydrogens is 841 g/mol. The number of piperazine rings is 2. The van der Waals surface area contributed by atoms with E-state index >= 15 is 0 Å². The Kier molecular flexibility index (Phi) is 15.2. The average Bonchev–Trinajstić information content (AvgIpc) is 3.29. The maximum Gasteiger partial charge on any atom is 0.316 e. The number of nitrogens with one attached hydrogen (secondary N) is 2. The fourth-order valence-corrected chi connectivity index (χ4v) is 8.31. The third-order valence-electron chi connectivity index (χ3n) is 11.6. The Morgan fingerprint density at radius 2 is 1.09 bits per heavy atom. The Hall–Kier alpha value is -7.36. The molecule has 2 atom stereocenters. The highest BCUT2D eigenvalue weighted by molar-refractivity contribution is 6.00. The normalized spacial score (nSPS) is 16.9. The maximum atomic E-state index is 13.1. The number of benzene rings is 4. The summed E-state index contributed by atoms with van der Waals surface area (Å²) in [5, 5.41) is 7.24. The summed E-state index contributed by atoms with van der Waals surface area (Å²) in [4.78, 5) is 65.9. The summed E-state index contributed by atoms with van der Waals surface area (Å²) in [6.07, 6.45) is 9.90. The molecule has 0 bridgehead atoms. The minimum Gasteiger partial charge on any atom is -0.351 e. The number of primary amides is 1. The summed E-state index contributed by atoms with van der Waals surface area (Å²) in [7, 11) is 0. The molecule has 66 heavy (non-hydrogen) atoms. The monoisotopic (exact) mass is 893 g/mol. The van der Waals surface area contributed by atoms with Gasteiger partial charge < -0.3 is 26.2 Å². The topological polar surface area (TPSA) is 157 Å². The minimum absolute atomic E-state index is 0.0281. The van der Waals surface area contributed by atoms with E-state index in [9.17, 15) is 28.0 Å². The molecule has 2 aliphatic rings. The van der Waals surface area contributed by atoms with Gasteiger partial charge in [0, 0.05) is 118 Å². The van der Waals surface area contributed by atoms with Gasteiger partial charge in [0.1, 0.15) is 11.6 Å². The fourth-order valence-electron chi connectivity index (χ4n) is 8.31. The van der Waals surface area contributed by atoms with E-state index in [-0.39, 0.29) is 41.4 Å². The lowest BCUT2D eigenvalue weighted by molar-refractivity contribution is -0.131. The quantitative estimate of drug-likeness (QED) is 0.118. The van der Waals surface area contributed by atoms with Gasteiger partial charge in [-0.2, -0.15) is 0 Å². The molecule has 2 fully saturated rings. The van der Waals surface area contributed by atoms with Gasteiger partial charge >= 0.3 is 6.03 Å². The third-order valence-corrected chi connectivity index (χ3v) is 11.6. The van der Waals surface area contributed by atoms with Gasteiger partial charge in [-0.3, -0.25) is 34.2 Å². The van der Waals surface area contributed by atoms with E-state index in [0.717, 1.165) is 77.8 Å². The number of halogens is 2. The number of amides is 5. The number of hydrogen-bond acceptors (Lipinski definition) is 8. The molecule has 4 N–H and O–H groups in total. The predicted octanol–water partition coefficient (Wildman–Crippen LogP) is 7.69. The van der Waals surface area contributed by atoms with E-state index in [1.807, 2.05) is 66.1 Å². The van der Waals surface area contributed by atoms with E-state index in [0.29, 0.717) is 30.0 Å². The first-order valence-corrected chi connectivity index (χ1v) is 21.8. The highest BCUT2D eigenvalue weighted by Gasteiger charge is 2.27. The standard InChI is InChI=1S/C26H27FN4O2.C25H26FN5O2/c1-18-16-30(17-20-5-8-23(27)9-6-20)12-13-31(18)26(33)10-7-22-14-24-21(4-3-11-28-24)15-25(22)29-19(2)32;1-17-15-30(16-18-4-7-21(26)8-5-18)11-12-31(17)24(32)9-6-20-13-19-3-2-10-28-22(19)14-23(20)29-25(27)33/h3-11,14-15,18H,12-13,16-17H2,1-2H3,(H,29,32);2-10,13-14,17H,11-12,15-16H2,1H3,(H3,27,29,33)/b10-7+;9-6+/t18-;17-/m11/s1. The second-order valence-electron chi connectivity index (χ2n) is 16.6. The van der Waals surface area contributed by atoms with Crippen molar-refractivity contribution >= 4 is 69.1 Å². The minimum atomic E-state index is -0.683. The molecule has 0 aliphatic carbocycles. The van der Waals surface area contributed by atoms with Crippen molar-refractivity contribution in [1.82, 2.24) is 29.6 Å². The van der Waals surface area contributed by atoms with Gasteiger partial charge in [0.05, 0.1) is 16.7 Å². The van der Waals surface area contributed by atoms with Gasteiger partial charge in [-0.15, -0.1) is 0 Å². The van der Waals surface area contributed by atoms with Gasteiger partial charge in [0.25, 0.3) is 0 Å². The zero-order valence-electron chi connectivity index (χ0n) is 37.2. The molecule has 6 aromatic rings. The van der Waals surface area contributed by atoms with E-state index in [1.165, 1.54) is 37.3 Å². The van der Waals surface area contributed by atoms with Crippen LogP contribution in [0.1, 0.15) is 43.0 Å². The molecule has 2 saturated heterocycles. The molecule has 5 amide bonds. The second-order valence-corrected chi connectivity index (χ2v) is 16.6. The number of nitrogens with zero attached hydrogens (tertiary/aromatic N) is 6. The number of carbonyl (C=O) groups is 4. The predicted molar refractivity (Wildman–Crippen MR) is 255 cm³/mol. The lowest BCUT2D eigenvalue weighted by atomic mass is 10.1. The van der Waals surface area contributed by atoms with Crippen molar-refractivity contribution in [3.63, 3.8) is 0 Å². The molecule has 0 spiro atoms. The molecule has 15 heteroatoms. The molecule has 0 unspecified atom stereocenters. The van der Waals surface area contributed by atoms with Crippen LogP contribution in [0.4, 0.5) is 25.0 Å². The van der Waals surface area contributed by atoms with Gasteiger partial charge in [0.2, 0.25) is 17.7 Å². The molecule has 340 valence electrons. The Bertz CT molecular complexity index is 2580. The van der Waals surface area contributed by atoms with Crippen molar-refractivity contribution in [3.8, 4) is 0 Å². The Morgan fingerprint density at radius 3 is 1.56 bits per heavy atom. The number of aromatic nitrogens is 2. The summed E-state index contributed by atoms with van der Waals surface area (Å²) in [6.45, 7) is 11.1. The number of rotatable bonds is 10. The number of carbonyl (C=O) groups excluding carboxylic acids is 4. The van der Waals surface area contributed by atoms with Crippen molar-refractivity contribution in [2.24, 2.45) is 5.73 Å². The van der Waals surface area contributed by atoms with Crippen LogP contribution in [0.3, 0.4) is 0 Å². The smallest absolute Gasteiger partial charge is 0.316 e. The molecule has 0 saturated carbocycles. The third kappa shape index (κ3) is 12.5. The number of hydrogen-bond donors (Lipinski definition) is 3. The van der Waals surface area contributed by atoms with Crippen LogP contribution in [0.25, 0.3) is 34.0 Å². The molecule has 4 heterocycles. The highest BCUT2D eigenvalue weighted by Crippen LogP contribution is 2.26. The van der Waals surface area contributed by atoms with E-state index in [2.05, 4.69) is 30.4 Å². The van der Waals surface area contributed by atoms with Crippen LogP contribution in [0.15, 0.2) is 122 Å². The van der Waals surface area contributed by atoms with Gasteiger partial charge in [-0.05, 0) is 103 Å². The highest BCUT2D eigenvalue weighted by atomic mass is 19.1. The van der Waals surface area contributed by atoms with Crippen molar-refractivity contribution in [2.75, 3.05) is 49.9 Å². The summed E-state index contributed by atoms with van der Waals surface area (Å²) in [6, 6.07) is 27.3. The first-order valence-electron chi connectivity index (χ1n) is 21.8. The van der Waals surface area contributed by atoms with Gasteiger partial charge in [-0.25, -0.2) is 13.6 Å². The zero-order chi connectivity index (χ0) is 46.7. The lowest BCUT2D eigenvalue weighted by Gasteiger charge is -2.39. The summed E-state index contributed by atoms with van der Waals surface area (Å²) < 4.78 is 26.3. The number of nitrogens with two attached hydrogens (primary N) is 1. The SMILES string of the molecule is CC(=O)Nc1cc2cccnc2cc1/C=C/C(=O)N1CCN(Cc2ccc(F)cc2)C[C@H]1C.C[C@@H]1CN(Cc2ccc(F)cc2)CCN1C(=O)/C=C/c1cc2cccnc2cc1NC(N)=O. The van der Waals surface area contributed by atoms with Crippen molar-refractivity contribution < 1.29 is 28.0 Å². The zero-order valence-corrected chi connectivity index (χ0v) is 37.2. The molecule has 2 aliphatic heterocycles.